The Morgan fingerprint density at radius 2 is 1.84 bits per heavy atom. The lowest BCUT2D eigenvalue weighted by molar-refractivity contribution is -0.201. The van der Waals surface area contributed by atoms with E-state index in [9.17, 15) is 24.6 Å². The van der Waals surface area contributed by atoms with Crippen LogP contribution in [0.25, 0.3) is 11.2 Å². The minimum absolute atomic E-state index is 0.0533. The van der Waals surface area contributed by atoms with E-state index < -0.39 is 34.5 Å². The molecule has 12 nitrogen and oxygen atoms in total. The number of carbonyl (C=O) groups excluding carboxylic acids is 1. The minimum Gasteiger partial charge on any atom is -0.508 e. The van der Waals surface area contributed by atoms with E-state index in [0.717, 1.165) is 10.1 Å². The van der Waals surface area contributed by atoms with Gasteiger partial charge in [0.1, 0.15) is 11.4 Å². The highest BCUT2D eigenvalue weighted by atomic mass is 16.5. The predicted molar refractivity (Wildman–Crippen MR) is 139 cm³/mol. The number of carbonyl (C=O) groups is 1. The molecule has 3 aromatic rings. The summed E-state index contributed by atoms with van der Waals surface area (Å²) in [7, 11) is 2.98. The van der Waals surface area contributed by atoms with Crippen LogP contribution >= 0.6 is 0 Å². The summed E-state index contributed by atoms with van der Waals surface area (Å²) >= 11 is 0. The van der Waals surface area contributed by atoms with E-state index >= 15 is 0 Å². The molecule has 2 aromatic heterocycles. The van der Waals surface area contributed by atoms with Crippen LogP contribution in [0.1, 0.15) is 37.8 Å². The van der Waals surface area contributed by atoms with Gasteiger partial charge in [-0.3, -0.25) is 18.7 Å². The second-order valence-electron chi connectivity index (χ2n) is 10.9. The lowest BCUT2D eigenvalue weighted by Gasteiger charge is -2.51. The van der Waals surface area contributed by atoms with Crippen LogP contribution in [0.2, 0.25) is 0 Å². The molecule has 2 aliphatic rings. The number of aliphatic hydroxyl groups is 1. The second-order valence-corrected chi connectivity index (χ2v) is 10.9. The number of ether oxygens (including phenoxy) is 1. The zero-order valence-electron chi connectivity index (χ0n) is 21.8. The van der Waals surface area contributed by atoms with Crippen LogP contribution in [0.15, 0.2) is 40.2 Å². The summed E-state index contributed by atoms with van der Waals surface area (Å²) in [4.78, 5) is 44.5. The number of phenols is 1. The number of likely N-dealkylation sites (tertiary alicyclic amines) is 1. The van der Waals surface area contributed by atoms with Gasteiger partial charge in [0.25, 0.3) is 5.56 Å². The zero-order valence-corrected chi connectivity index (χ0v) is 21.8. The summed E-state index contributed by atoms with van der Waals surface area (Å²) in [5.74, 6) is 0.0186. The number of fused-ring (bicyclic) bond motifs is 1. The van der Waals surface area contributed by atoms with E-state index in [1.165, 1.54) is 17.9 Å². The lowest BCUT2D eigenvalue weighted by atomic mass is 9.77. The van der Waals surface area contributed by atoms with Crippen molar-refractivity contribution in [3.05, 3.63) is 57.0 Å². The molecule has 3 atom stereocenters. The molecule has 1 amide bonds. The SMILES string of the molecule is Cn1c(=O)c2c(ncn2[C@H]2CC3(CCN(C(=O)[C@@H](N)Cc4ccc(O)cc4)CC3)OC[C@]2(C)O)n(C)c1=O. The molecule has 5 rings (SSSR count). The van der Waals surface area contributed by atoms with Gasteiger partial charge in [0.05, 0.1) is 30.6 Å². The molecule has 4 N–H and O–H groups in total. The number of rotatable bonds is 4. The van der Waals surface area contributed by atoms with Crippen molar-refractivity contribution < 1.29 is 19.7 Å². The molecule has 38 heavy (non-hydrogen) atoms. The standard InChI is InChI=1S/C26H34N6O6/c1-25(37)14-38-26(13-19(25)32-15-28-21-20(32)23(35)30(3)24(36)29(21)2)8-10-31(11-9-26)22(34)18(27)12-16-4-6-17(33)7-5-16/h4-7,15,18-19,33,37H,8-14,27H2,1-3H3/t18-,19-,25-/m0/s1. The number of aromatic nitrogens is 4. The van der Waals surface area contributed by atoms with Crippen molar-refractivity contribution in [1.29, 1.82) is 0 Å². The largest absolute Gasteiger partial charge is 0.508 e. The summed E-state index contributed by atoms with van der Waals surface area (Å²) in [6.45, 7) is 2.64. The summed E-state index contributed by atoms with van der Waals surface area (Å²) in [5, 5.41) is 20.8. The molecule has 1 spiro atoms. The molecular formula is C26H34N6O6. The Morgan fingerprint density at radius 1 is 1.18 bits per heavy atom. The number of aryl methyl sites for hydroxylation is 1. The van der Waals surface area contributed by atoms with Crippen molar-refractivity contribution in [1.82, 2.24) is 23.6 Å². The quantitative estimate of drug-likeness (QED) is 0.421. The Bertz CT molecular complexity index is 1480. The van der Waals surface area contributed by atoms with Gasteiger partial charge in [-0.15, -0.1) is 0 Å². The Morgan fingerprint density at radius 3 is 2.50 bits per heavy atom. The molecule has 0 aliphatic carbocycles. The van der Waals surface area contributed by atoms with Crippen LogP contribution in [0.4, 0.5) is 0 Å². The number of aromatic hydroxyl groups is 1. The molecule has 0 radical (unpaired) electrons. The maximum atomic E-state index is 13.1. The number of amides is 1. The summed E-state index contributed by atoms with van der Waals surface area (Å²) in [6.07, 6.45) is 3.40. The van der Waals surface area contributed by atoms with E-state index in [4.69, 9.17) is 10.5 Å². The third-order valence-electron chi connectivity index (χ3n) is 8.16. The minimum atomic E-state index is -1.28. The maximum absolute atomic E-state index is 13.1. The van der Waals surface area contributed by atoms with Gasteiger partial charge in [-0.1, -0.05) is 12.1 Å². The molecule has 0 unspecified atom stereocenters. The van der Waals surface area contributed by atoms with Crippen LogP contribution in [0.3, 0.4) is 0 Å². The first-order chi connectivity index (χ1) is 17.9. The first kappa shape index (κ1) is 26.1. The second kappa shape index (κ2) is 9.37. The van der Waals surface area contributed by atoms with Gasteiger partial charge in [0.15, 0.2) is 11.2 Å². The number of piperidine rings is 1. The van der Waals surface area contributed by atoms with E-state index in [-0.39, 0.29) is 29.4 Å². The number of nitrogens with two attached hydrogens (primary N) is 1. The molecule has 4 heterocycles. The summed E-state index contributed by atoms with van der Waals surface area (Å²) in [6, 6.07) is 5.42. The monoisotopic (exact) mass is 526 g/mol. The van der Waals surface area contributed by atoms with Crippen molar-refractivity contribution in [3.63, 3.8) is 0 Å². The van der Waals surface area contributed by atoms with Crippen LogP contribution in [-0.2, 0) is 30.0 Å². The van der Waals surface area contributed by atoms with Gasteiger partial charge in [-0.05, 0) is 43.9 Å². The topological polar surface area (TPSA) is 158 Å². The van der Waals surface area contributed by atoms with E-state index in [1.54, 1.807) is 47.7 Å². The van der Waals surface area contributed by atoms with Crippen LogP contribution in [0.5, 0.6) is 5.75 Å². The van der Waals surface area contributed by atoms with Gasteiger partial charge < -0.3 is 30.2 Å². The van der Waals surface area contributed by atoms with Crippen molar-refractivity contribution in [2.75, 3.05) is 19.7 Å². The van der Waals surface area contributed by atoms with Gasteiger partial charge in [0, 0.05) is 33.6 Å². The highest BCUT2D eigenvalue weighted by molar-refractivity contribution is 5.82. The average Bonchev–Trinajstić information content (AvgIpc) is 3.34. The molecule has 2 aliphatic heterocycles. The first-order valence-electron chi connectivity index (χ1n) is 12.7. The first-order valence-corrected chi connectivity index (χ1v) is 12.7. The fourth-order valence-electron chi connectivity index (χ4n) is 5.72. The third kappa shape index (κ3) is 4.42. The van der Waals surface area contributed by atoms with Crippen LogP contribution < -0.4 is 17.0 Å². The summed E-state index contributed by atoms with van der Waals surface area (Å²) < 4.78 is 10.3. The number of phenolic OH excluding ortho intramolecular Hbond substituents is 1. The zero-order chi connectivity index (χ0) is 27.4. The number of hydrogen-bond acceptors (Lipinski definition) is 8. The Labute approximate surface area is 218 Å². The molecule has 0 bridgehead atoms. The van der Waals surface area contributed by atoms with Crippen molar-refractivity contribution in [2.45, 2.75) is 55.9 Å². The molecule has 2 fully saturated rings. The van der Waals surface area contributed by atoms with E-state index in [1.807, 2.05) is 0 Å². The lowest BCUT2D eigenvalue weighted by Crippen LogP contribution is -2.58. The molecular weight excluding hydrogens is 492 g/mol. The molecule has 2 saturated heterocycles. The third-order valence-corrected chi connectivity index (χ3v) is 8.16. The van der Waals surface area contributed by atoms with E-state index in [2.05, 4.69) is 4.98 Å². The van der Waals surface area contributed by atoms with Crippen LogP contribution in [-0.4, -0.2) is 76.6 Å². The molecule has 1 aromatic carbocycles. The predicted octanol–water partition coefficient (Wildman–Crippen LogP) is -0.217. The number of imidazole rings is 1. The fraction of sp³-hybridized carbons (Fsp3) is 0.538. The molecule has 204 valence electrons. The van der Waals surface area contributed by atoms with Gasteiger partial charge in [0.2, 0.25) is 5.91 Å². The van der Waals surface area contributed by atoms with Crippen molar-refractivity contribution in [3.8, 4) is 5.75 Å². The highest BCUT2D eigenvalue weighted by Crippen LogP contribution is 2.44. The van der Waals surface area contributed by atoms with Crippen LogP contribution in [0, 0.1) is 0 Å². The number of nitrogens with zero attached hydrogens (tertiary/aromatic N) is 5. The smallest absolute Gasteiger partial charge is 0.332 e. The van der Waals surface area contributed by atoms with Gasteiger partial charge in [-0.2, -0.15) is 0 Å². The van der Waals surface area contributed by atoms with Crippen molar-refractivity contribution >= 4 is 17.1 Å². The fourth-order valence-corrected chi connectivity index (χ4v) is 5.72. The number of hydrogen-bond donors (Lipinski definition) is 3. The molecule has 12 heteroatoms. The maximum Gasteiger partial charge on any atom is 0.332 e. The van der Waals surface area contributed by atoms with Gasteiger partial charge >= 0.3 is 5.69 Å². The highest BCUT2D eigenvalue weighted by Gasteiger charge is 2.50. The summed E-state index contributed by atoms with van der Waals surface area (Å²) in [5.41, 5.74) is 4.80. The Balaban J connectivity index is 1.34. The number of benzene rings is 1. The normalized spacial score (nSPS) is 24.1. The van der Waals surface area contributed by atoms with E-state index in [0.29, 0.717) is 38.8 Å². The average molecular weight is 527 g/mol. The Kier molecular flexibility index (Phi) is 6.44. The van der Waals surface area contributed by atoms with Gasteiger partial charge in [-0.25, -0.2) is 9.78 Å². The molecule has 0 saturated carbocycles. The van der Waals surface area contributed by atoms with Crippen molar-refractivity contribution in [2.24, 2.45) is 19.8 Å². The Hall–Kier alpha value is -3.48.